The summed E-state index contributed by atoms with van der Waals surface area (Å²) in [5.41, 5.74) is -0.268. The van der Waals surface area contributed by atoms with E-state index in [4.69, 9.17) is 0 Å². The van der Waals surface area contributed by atoms with E-state index in [1.165, 1.54) is 35.3 Å². The van der Waals surface area contributed by atoms with Gasteiger partial charge in [0.1, 0.15) is 0 Å². The minimum absolute atomic E-state index is 0.0918. The van der Waals surface area contributed by atoms with Crippen LogP contribution in [0.1, 0.15) is 32.7 Å². The molecule has 0 aliphatic carbocycles. The van der Waals surface area contributed by atoms with E-state index in [0.717, 1.165) is 17.0 Å². The van der Waals surface area contributed by atoms with Gasteiger partial charge in [0.15, 0.2) is 0 Å². The minimum Gasteiger partial charge on any atom is -0.324 e. The lowest BCUT2D eigenvalue weighted by Crippen LogP contribution is -2.33. The van der Waals surface area contributed by atoms with Crippen molar-refractivity contribution in [3.8, 4) is 5.69 Å². The number of alkyl halides is 3. The second kappa shape index (κ2) is 7.71. The van der Waals surface area contributed by atoms with Crippen molar-refractivity contribution < 1.29 is 27.6 Å². The number of hydrogen-bond donors (Lipinski definition) is 1. The van der Waals surface area contributed by atoms with Crippen molar-refractivity contribution in [2.45, 2.75) is 12.6 Å². The van der Waals surface area contributed by atoms with Gasteiger partial charge in [-0.25, -0.2) is 4.68 Å². The number of anilines is 1. The van der Waals surface area contributed by atoms with Gasteiger partial charge in [0, 0.05) is 25.4 Å². The maximum absolute atomic E-state index is 13.1. The standard InChI is InChI=1S/C21H15F3N4O3/c22-21(23,24)13-6-7-17(28-10-3-9-25-28)16(12-13)26-18(29)8-11-27-19(30)14-4-1-2-5-15(14)20(27)31/h1-7,9-10,12H,8,11H2,(H,26,29). The molecule has 1 aromatic heterocycles. The molecule has 2 aromatic carbocycles. The van der Waals surface area contributed by atoms with E-state index in [0.29, 0.717) is 0 Å². The van der Waals surface area contributed by atoms with Crippen LogP contribution < -0.4 is 5.32 Å². The number of benzene rings is 2. The number of amides is 3. The number of rotatable bonds is 5. The third-order valence-corrected chi connectivity index (χ3v) is 4.79. The van der Waals surface area contributed by atoms with Crippen LogP contribution in [0.3, 0.4) is 0 Å². The highest BCUT2D eigenvalue weighted by Gasteiger charge is 2.35. The molecular weight excluding hydrogens is 413 g/mol. The molecule has 0 radical (unpaired) electrons. The maximum Gasteiger partial charge on any atom is 0.416 e. The lowest BCUT2D eigenvalue weighted by molar-refractivity contribution is -0.137. The van der Waals surface area contributed by atoms with E-state index < -0.39 is 29.5 Å². The van der Waals surface area contributed by atoms with E-state index in [1.54, 1.807) is 18.2 Å². The second-order valence-electron chi connectivity index (χ2n) is 6.79. The summed E-state index contributed by atoms with van der Waals surface area (Å²) in [4.78, 5) is 38.2. The highest BCUT2D eigenvalue weighted by atomic mass is 19.4. The van der Waals surface area contributed by atoms with Crippen LogP contribution in [0.2, 0.25) is 0 Å². The lowest BCUT2D eigenvalue weighted by atomic mass is 10.1. The Morgan fingerprint density at radius 1 is 1.00 bits per heavy atom. The first kappa shape index (κ1) is 20.3. The summed E-state index contributed by atoms with van der Waals surface area (Å²) in [7, 11) is 0. The Kier molecular flexibility index (Phi) is 5.05. The monoisotopic (exact) mass is 428 g/mol. The Labute approximate surface area is 174 Å². The molecule has 0 saturated heterocycles. The van der Waals surface area contributed by atoms with E-state index in [2.05, 4.69) is 10.4 Å². The summed E-state index contributed by atoms with van der Waals surface area (Å²) in [6, 6.07) is 10.8. The molecule has 10 heteroatoms. The quantitative estimate of drug-likeness (QED) is 0.631. The molecular formula is C21H15F3N4O3. The van der Waals surface area contributed by atoms with Crippen LogP contribution in [0.15, 0.2) is 60.9 Å². The molecule has 158 valence electrons. The molecule has 3 aromatic rings. The summed E-state index contributed by atoms with van der Waals surface area (Å²) < 4.78 is 40.7. The number of halogens is 3. The number of nitrogens with zero attached hydrogens (tertiary/aromatic N) is 3. The van der Waals surface area contributed by atoms with Crippen molar-refractivity contribution >= 4 is 23.4 Å². The zero-order valence-electron chi connectivity index (χ0n) is 15.9. The molecule has 31 heavy (non-hydrogen) atoms. The number of imide groups is 1. The third-order valence-electron chi connectivity index (χ3n) is 4.79. The van der Waals surface area contributed by atoms with Crippen LogP contribution >= 0.6 is 0 Å². The second-order valence-corrected chi connectivity index (χ2v) is 6.79. The first-order valence-electron chi connectivity index (χ1n) is 9.22. The fourth-order valence-corrected chi connectivity index (χ4v) is 3.29. The Balaban J connectivity index is 1.51. The Morgan fingerprint density at radius 2 is 1.68 bits per heavy atom. The number of carbonyl (C=O) groups is 3. The predicted molar refractivity (Wildman–Crippen MR) is 104 cm³/mol. The molecule has 0 unspecified atom stereocenters. The molecule has 3 amide bonds. The molecule has 0 fully saturated rings. The highest BCUT2D eigenvalue weighted by molar-refractivity contribution is 6.21. The molecule has 1 aliphatic heterocycles. The van der Waals surface area contributed by atoms with Gasteiger partial charge in [-0.1, -0.05) is 12.1 Å². The third kappa shape index (κ3) is 3.91. The average Bonchev–Trinajstić information content (AvgIpc) is 3.34. The number of carbonyl (C=O) groups excluding carboxylic acids is 3. The summed E-state index contributed by atoms with van der Waals surface area (Å²) >= 11 is 0. The topological polar surface area (TPSA) is 84.3 Å². The van der Waals surface area contributed by atoms with Gasteiger partial charge in [-0.3, -0.25) is 19.3 Å². The van der Waals surface area contributed by atoms with Crippen molar-refractivity contribution in [1.82, 2.24) is 14.7 Å². The fraction of sp³-hybridized carbons (Fsp3) is 0.143. The Bertz CT molecular complexity index is 1140. The highest BCUT2D eigenvalue weighted by Crippen LogP contribution is 2.33. The molecule has 0 atom stereocenters. The fourth-order valence-electron chi connectivity index (χ4n) is 3.29. The predicted octanol–water partition coefficient (Wildman–Crippen LogP) is 3.52. The van der Waals surface area contributed by atoms with Gasteiger partial charge in [-0.2, -0.15) is 18.3 Å². The van der Waals surface area contributed by atoms with Crippen LogP contribution in [-0.2, 0) is 11.0 Å². The summed E-state index contributed by atoms with van der Waals surface area (Å²) in [5, 5.41) is 6.42. The summed E-state index contributed by atoms with van der Waals surface area (Å²) in [6.07, 6.45) is -1.90. The molecule has 0 spiro atoms. The molecule has 1 aliphatic rings. The Morgan fingerprint density at radius 3 is 2.26 bits per heavy atom. The van der Waals surface area contributed by atoms with E-state index in [9.17, 15) is 27.6 Å². The van der Waals surface area contributed by atoms with Crippen LogP contribution in [0.4, 0.5) is 18.9 Å². The van der Waals surface area contributed by atoms with Gasteiger partial charge in [0.2, 0.25) is 5.91 Å². The molecule has 4 rings (SSSR count). The molecule has 2 heterocycles. The van der Waals surface area contributed by atoms with Gasteiger partial charge in [0.25, 0.3) is 11.8 Å². The largest absolute Gasteiger partial charge is 0.416 e. The van der Waals surface area contributed by atoms with E-state index in [1.807, 2.05) is 0 Å². The molecule has 0 bridgehead atoms. The van der Waals surface area contributed by atoms with E-state index >= 15 is 0 Å². The molecule has 0 saturated carbocycles. The number of fused-ring (bicyclic) bond motifs is 1. The SMILES string of the molecule is O=C(CCN1C(=O)c2ccccc2C1=O)Nc1cc(C(F)(F)F)ccc1-n1cccn1. The van der Waals surface area contributed by atoms with Gasteiger partial charge >= 0.3 is 6.18 Å². The average molecular weight is 428 g/mol. The normalized spacial score (nSPS) is 13.5. The first-order valence-corrected chi connectivity index (χ1v) is 9.22. The van der Waals surface area contributed by atoms with Crippen LogP contribution in [0.25, 0.3) is 5.69 Å². The summed E-state index contributed by atoms with van der Waals surface area (Å²) in [6.45, 7) is -0.200. The van der Waals surface area contributed by atoms with E-state index in [-0.39, 0.29) is 35.5 Å². The van der Waals surface area contributed by atoms with Crippen molar-refractivity contribution in [2.24, 2.45) is 0 Å². The van der Waals surface area contributed by atoms with Crippen molar-refractivity contribution in [1.29, 1.82) is 0 Å². The van der Waals surface area contributed by atoms with Gasteiger partial charge in [-0.05, 0) is 36.4 Å². The molecule has 7 nitrogen and oxygen atoms in total. The maximum atomic E-state index is 13.1. The zero-order valence-corrected chi connectivity index (χ0v) is 15.9. The molecule has 1 N–H and O–H groups in total. The van der Waals surface area contributed by atoms with Crippen LogP contribution in [0, 0.1) is 0 Å². The van der Waals surface area contributed by atoms with Crippen LogP contribution in [0.5, 0.6) is 0 Å². The zero-order chi connectivity index (χ0) is 22.2. The van der Waals surface area contributed by atoms with Crippen molar-refractivity contribution in [2.75, 3.05) is 11.9 Å². The van der Waals surface area contributed by atoms with Crippen LogP contribution in [-0.4, -0.2) is 38.9 Å². The number of nitrogens with one attached hydrogen (secondary N) is 1. The van der Waals surface area contributed by atoms with Gasteiger partial charge in [-0.15, -0.1) is 0 Å². The smallest absolute Gasteiger partial charge is 0.324 e. The van der Waals surface area contributed by atoms with Crippen molar-refractivity contribution in [3.63, 3.8) is 0 Å². The van der Waals surface area contributed by atoms with Gasteiger partial charge < -0.3 is 5.32 Å². The minimum atomic E-state index is -4.59. The number of hydrogen-bond acceptors (Lipinski definition) is 4. The van der Waals surface area contributed by atoms with Crippen molar-refractivity contribution in [3.05, 3.63) is 77.6 Å². The summed E-state index contributed by atoms with van der Waals surface area (Å²) in [5.74, 6) is -1.67. The number of aromatic nitrogens is 2. The first-order chi connectivity index (χ1) is 14.8. The Hall–Kier alpha value is -3.95. The lowest BCUT2D eigenvalue weighted by Gasteiger charge is -2.16. The van der Waals surface area contributed by atoms with Gasteiger partial charge in [0.05, 0.1) is 28.1 Å².